The van der Waals surface area contributed by atoms with Crippen molar-refractivity contribution in [1.29, 1.82) is 0 Å². The molecule has 3 heterocycles. The average Bonchev–Trinajstić information content (AvgIpc) is 2.75. The Morgan fingerprint density at radius 3 is 2.58 bits per heavy atom. The number of amides is 2. The molecule has 0 saturated carbocycles. The Balaban J connectivity index is 1.80. The summed E-state index contributed by atoms with van der Waals surface area (Å²) in [5, 5.41) is 0. The highest BCUT2D eigenvalue weighted by atomic mass is 16.2. The minimum atomic E-state index is -0.151. The van der Waals surface area contributed by atoms with Gasteiger partial charge in [0.15, 0.2) is 0 Å². The zero-order chi connectivity index (χ0) is 17.2. The van der Waals surface area contributed by atoms with E-state index in [1.807, 2.05) is 41.2 Å². The second kappa shape index (κ2) is 6.89. The average molecular weight is 330 g/mol. The van der Waals surface area contributed by atoms with Crippen LogP contribution in [0.5, 0.6) is 0 Å². The molecule has 6 heteroatoms. The van der Waals surface area contributed by atoms with Crippen LogP contribution >= 0.6 is 0 Å². The van der Waals surface area contributed by atoms with Gasteiger partial charge in [-0.2, -0.15) is 0 Å². The molecule has 0 bridgehead atoms. The second-order valence-corrected chi connectivity index (χ2v) is 7.09. The van der Waals surface area contributed by atoms with Gasteiger partial charge in [-0.05, 0) is 24.6 Å². The molecule has 130 valence electrons. The first-order chi connectivity index (χ1) is 11.5. The fraction of sp³-hybridized carbons (Fsp3) is 0.611. The molecule has 2 saturated heterocycles. The monoisotopic (exact) mass is 330 g/mol. The number of hydrogen-bond donors (Lipinski definition) is 0. The number of aromatic nitrogens is 1. The number of hydrogen-bond acceptors (Lipinski definition) is 4. The van der Waals surface area contributed by atoms with Gasteiger partial charge in [0.1, 0.15) is 0 Å². The summed E-state index contributed by atoms with van der Waals surface area (Å²) >= 11 is 0. The maximum absolute atomic E-state index is 12.3. The molecule has 1 aromatic rings. The first kappa shape index (κ1) is 16.9. The second-order valence-electron chi connectivity index (χ2n) is 7.09. The molecular formula is C18H26N4O2. The molecule has 2 fully saturated rings. The van der Waals surface area contributed by atoms with Gasteiger partial charge in [-0.25, -0.2) is 0 Å². The summed E-state index contributed by atoms with van der Waals surface area (Å²) < 4.78 is 0. The fourth-order valence-electron chi connectivity index (χ4n) is 3.98. The van der Waals surface area contributed by atoms with Gasteiger partial charge < -0.3 is 9.80 Å². The SMILES string of the molecule is CCN1C[C@@]2(CC1=O)CN(Cc1ccncc1)CCN(C(C)=O)C2. The zero-order valence-electron chi connectivity index (χ0n) is 14.6. The van der Waals surface area contributed by atoms with Gasteiger partial charge in [0.05, 0.1) is 0 Å². The number of pyridine rings is 1. The number of rotatable bonds is 3. The Bertz CT molecular complexity index is 606. The molecular weight excluding hydrogens is 304 g/mol. The fourth-order valence-corrected chi connectivity index (χ4v) is 3.98. The highest BCUT2D eigenvalue weighted by Gasteiger charge is 2.46. The van der Waals surface area contributed by atoms with Crippen LogP contribution in [0.1, 0.15) is 25.8 Å². The minimum Gasteiger partial charge on any atom is -0.342 e. The van der Waals surface area contributed by atoms with Crippen molar-refractivity contribution in [3.63, 3.8) is 0 Å². The van der Waals surface area contributed by atoms with Crippen molar-refractivity contribution in [2.75, 3.05) is 39.3 Å². The first-order valence-corrected chi connectivity index (χ1v) is 8.66. The molecule has 6 nitrogen and oxygen atoms in total. The van der Waals surface area contributed by atoms with Crippen molar-refractivity contribution < 1.29 is 9.59 Å². The van der Waals surface area contributed by atoms with E-state index in [4.69, 9.17) is 0 Å². The van der Waals surface area contributed by atoms with Crippen LogP contribution in [0, 0.1) is 5.41 Å². The van der Waals surface area contributed by atoms with Gasteiger partial charge in [-0.15, -0.1) is 0 Å². The lowest BCUT2D eigenvalue weighted by Crippen LogP contribution is -2.43. The van der Waals surface area contributed by atoms with Crippen molar-refractivity contribution in [2.45, 2.75) is 26.8 Å². The maximum atomic E-state index is 12.3. The third-order valence-electron chi connectivity index (χ3n) is 5.16. The van der Waals surface area contributed by atoms with E-state index in [1.54, 1.807) is 6.92 Å². The number of nitrogens with zero attached hydrogens (tertiary/aromatic N) is 4. The van der Waals surface area contributed by atoms with Crippen molar-refractivity contribution in [1.82, 2.24) is 19.7 Å². The smallest absolute Gasteiger partial charge is 0.223 e. The molecule has 2 aliphatic heterocycles. The van der Waals surface area contributed by atoms with E-state index < -0.39 is 0 Å². The topological polar surface area (TPSA) is 56.8 Å². The van der Waals surface area contributed by atoms with E-state index in [0.29, 0.717) is 13.0 Å². The molecule has 2 amide bonds. The van der Waals surface area contributed by atoms with Crippen molar-refractivity contribution in [3.05, 3.63) is 30.1 Å². The first-order valence-electron chi connectivity index (χ1n) is 8.66. The van der Waals surface area contributed by atoms with Crippen LogP contribution < -0.4 is 0 Å². The Kier molecular flexibility index (Phi) is 4.85. The summed E-state index contributed by atoms with van der Waals surface area (Å²) in [4.78, 5) is 34.6. The Morgan fingerprint density at radius 2 is 1.96 bits per heavy atom. The Morgan fingerprint density at radius 1 is 1.21 bits per heavy atom. The van der Waals surface area contributed by atoms with Crippen LogP contribution in [-0.4, -0.2) is 70.8 Å². The van der Waals surface area contributed by atoms with Gasteiger partial charge >= 0.3 is 0 Å². The van der Waals surface area contributed by atoms with Crippen LogP contribution in [0.15, 0.2) is 24.5 Å². The summed E-state index contributed by atoms with van der Waals surface area (Å²) in [7, 11) is 0. The zero-order valence-corrected chi connectivity index (χ0v) is 14.6. The summed E-state index contributed by atoms with van der Waals surface area (Å²) in [5.74, 6) is 0.314. The van der Waals surface area contributed by atoms with E-state index in [1.165, 1.54) is 5.56 Å². The number of carbonyl (C=O) groups excluding carboxylic acids is 2. The van der Waals surface area contributed by atoms with E-state index >= 15 is 0 Å². The summed E-state index contributed by atoms with van der Waals surface area (Å²) in [6.45, 7) is 9.05. The quantitative estimate of drug-likeness (QED) is 0.829. The molecule has 0 unspecified atom stereocenters. The molecule has 0 aliphatic carbocycles. The standard InChI is InChI=1S/C18H26N4O2/c1-3-21-13-18(10-17(21)24)12-20(8-9-22(14-18)15(2)23)11-16-4-6-19-7-5-16/h4-7H,3,8-14H2,1-2H3/t18-/m1/s1. The van der Waals surface area contributed by atoms with Crippen LogP contribution in [0.25, 0.3) is 0 Å². The molecule has 3 rings (SSSR count). The highest BCUT2D eigenvalue weighted by Crippen LogP contribution is 2.35. The molecule has 0 N–H and O–H groups in total. The van der Waals surface area contributed by atoms with Crippen molar-refractivity contribution in [2.24, 2.45) is 5.41 Å². The number of carbonyl (C=O) groups is 2. The Hall–Kier alpha value is -1.95. The highest BCUT2D eigenvalue weighted by molar-refractivity contribution is 5.80. The molecule has 1 aromatic heterocycles. The van der Waals surface area contributed by atoms with Crippen LogP contribution in [0.4, 0.5) is 0 Å². The van der Waals surface area contributed by atoms with Gasteiger partial charge in [-0.3, -0.25) is 19.5 Å². The van der Waals surface area contributed by atoms with E-state index in [9.17, 15) is 9.59 Å². The summed E-state index contributed by atoms with van der Waals surface area (Å²) in [6, 6.07) is 4.05. The molecule has 1 atom stereocenters. The lowest BCUT2D eigenvalue weighted by molar-refractivity contribution is -0.130. The van der Waals surface area contributed by atoms with Gasteiger partial charge in [-0.1, -0.05) is 0 Å². The lowest BCUT2D eigenvalue weighted by Gasteiger charge is -2.33. The van der Waals surface area contributed by atoms with Gasteiger partial charge in [0.2, 0.25) is 11.8 Å². The largest absolute Gasteiger partial charge is 0.342 e. The van der Waals surface area contributed by atoms with E-state index in [-0.39, 0.29) is 17.2 Å². The predicted octanol–water partition coefficient (Wildman–Crippen LogP) is 0.984. The van der Waals surface area contributed by atoms with Gasteiger partial charge in [0, 0.05) is 77.0 Å². The molecule has 0 aromatic carbocycles. The van der Waals surface area contributed by atoms with Crippen LogP contribution in [0.3, 0.4) is 0 Å². The van der Waals surface area contributed by atoms with Crippen molar-refractivity contribution in [3.8, 4) is 0 Å². The predicted molar refractivity (Wildman–Crippen MR) is 91.1 cm³/mol. The summed E-state index contributed by atoms with van der Waals surface area (Å²) in [6.07, 6.45) is 4.16. The normalized spacial score (nSPS) is 25.3. The van der Waals surface area contributed by atoms with Crippen molar-refractivity contribution >= 4 is 11.8 Å². The third-order valence-corrected chi connectivity index (χ3v) is 5.16. The molecule has 2 aliphatic rings. The maximum Gasteiger partial charge on any atom is 0.223 e. The summed E-state index contributed by atoms with van der Waals surface area (Å²) in [5.41, 5.74) is 1.07. The van der Waals surface area contributed by atoms with Crippen LogP contribution in [-0.2, 0) is 16.1 Å². The lowest BCUT2D eigenvalue weighted by atomic mass is 9.85. The van der Waals surface area contributed by atoms with Crippen LogP contribution in [0.2, 0.25) is 0 Å². The Labute approximate surface area is 143 Å². The third kappa shape index (κ3) is 3.59. The number of likely N-dealkylation sites (tertiary alicyclic amines) is 1. The van der Waals surface area contributed by atoms with E-state index in [0.717, 1.165) is 39.3 Å². The molecule has 1 spiro atoms. The molecule has 0 radical (unpaired) electrons. The minimum absolute atomic E-state index is 0.0996. The molecule has 24 heavy (non-hydrogen) atoms. The van der Waals surface area contributed by atoms with Gasteiger partial charge in [0.25, 0.3) is 0 Å². The van der Waals surface area contributed by atoms with E-state index in [2.05, 4.69) is 9.88 Å².